The van der Waals surface area contributed by atoms with E-state index in [2.05, 4.69) is 55.9 Å². The third kappa shape index (κ3) is 2.81. The van der Waals surface area contributed by atoms with Gasteiger partial charge in [0, 0.05) is 12.6 Å². The van der Waals surface area contributed by atoms with Crippen LogP contribution in [0.2, 0.25) is 0 Å². The molecule has 0 radical (unpaired) electrons. The van der Waals surface area contributed by atoms with Crippen LogP contribution in [0.25, 0.3) is 0 Å². The molecule has 0 saturated carbocycles. The van der Waals surface area contributed by atoms with Gasteiger partial charge in [-0.15, -0.1) is 0 Å². The van der Waals surface area contributed by atoms with Gasteiger partial charge in [0.1, 0.15) is 5.69 Å². The molecule has 1 heterocycles. The molecule has 2 nitrogen and oxygen atoms in total. The molecule has 0 fully saturated rings. The van der Waals surface area contributed by atoms with E-state index in [1.54, 1.807) is 10.9 Å². The lowest BCUT2D eigenvalue weighted by Gasteiger charge is -2.18. The van der Waals surface area contributed by atoms with Crippen LogP contribution in [-0.4, -0.2) is 9.78 Å². The van der Waals surface area contributed by atoms with E-state index in [-0.39, 0.29) is 5.41 Å². The molecule has 0 aliphatic rings. The van der Waals surface area contributed by atoms with Gasteiger partial charge >= 0.3 is 0 Å². The zero-order valence-corrected chi connectivity index (χ0v) is 11.4. The average molecular weight is 238 g/mol. The lowest BCUT2D eigenvalue weighted by atomic mass is 9.86. The number of rotatable bonds is 0. The van der Waals surface area contributed by atoms with E-state index in [1.165, 1.54) is 5.56 Å². The van der Waals surface area contributed by atoms with Crippen molar-refractivity contribution >= 4 is 0 Å². The van der Waals surface area contributed by atoms with Crippen LogP contribution in [0.5, 0.6) is 0 Å². The van der Waals surface area contributed by atoms with Crippen LogP contribution >= 0.6 is 0 Å². The van der Waals surface area contributed by atoms with Crippen molar-refractivity contribution in [3.8, 4) is 11.8 Å². The van der Waals surface area contributed by atoms with Crippen molar-refractivity contribution in [2.24, 2.45) is 7.05 Å². The molecule has 1 aromatic heterocycles. The number of hydrogen-bond donors (Lipinski definition) is 0. The molecule has 0 saturated heterocycles. The molecule has 2 heteroatoms. The van der Waals surface area contributed by atoms with Crippen molar-refractivity contribution in [1.82, 2.24) is 9.78 Å². The number of aromatic nitrogens is 2. The van der Waals surface area contributed by atoms with Gasteiger partial charge in [0.05, 0.1) is 6.20 Å². The second-order valence-electron chi connectivity index (χ2n) is 5.42. The maximum atomic E-state index is 4.10. The Kier molecular flexibility index (Phi) is 3.25. The van der Waals surface area contributed by atoms with E-state index < -0.39 is 0 Å². The number of aryl methyl sites for hydroxylation is 1. The summed E-state index contributed by atoms with van der Waals surface area (Å²) in [5.74, 6) is 6.33. The Morgan fingerprint density at radius 1 is 1.11 bits per heavy atom. The highest BCUT2D eigenvalue weighted by Crippen LogP contribution is 2.22. The first-order valence-corrected chi connectivity index (χ1v) is 6.07. The Morgan fingerprint density at radius 3 is 2.50 bits per heavy atom. The summed E-state index contributed by atoms with van der Waals surface area (Å²) in [5.41, 5.74) is 3.43. The minimum absolute atomic E-state index is 0.157. The molecular weight excluding hydrogens is 220 g/mol. The van der Waals surface area contributed by atoms with E-state index in [0.717, 1.165) is 11.3 Å². The Balaban J connectivity index is 2.31. The van der Waals surface area contributed by atoms with Gasteiger partial charge in [-0.1, -0.05) is 38.8 Å². The predicted octanol–water partition coefficient (Wildman–Crippen LogP) is 3.12. The van der Waals surface area contributed by atoms with Gasteiger partial charge < -0.3 is 0 Å². The molecular formula is C16H18N2. The number of benzene rings is 1. The summed E-state index contributed by atoms with van der Waals surface area (Å²) in [7, 11) is 1.90. The van der Waals surface area contributed by atoms with Crippen LogP contribution in [-0.2, 0) is 12.5 Å². The Hall–Kier alpha value is -2.01. The zero-order valence-electron chi connectivity index (χ0n) is 11.4. The molecule has 0 N–H and O–H groups in total. The van der Waals surface area contributed by atoms with Gasteiger partial charge in [-0.05, 0) is 35.1 Å². The summed E-state index contributed by atoms with van der Waals surface area (Å²) < 4.78 is 1.78. The zero-order chi connectivity index (χ0) is 13.2. The summed E-state index contributed by atoms with van der Waals surface area (Å²) in [5, 5.41) is 4.10. The maximum absolute atomic E-state index is 4.10. The van der Waals surface area contributed by atoms with E-state index in [1.807, 2.05) is 19.2 Å². The SMILES string of the molecule is Cn1nccc1C#Cc1cccc(C(C)(C)C)c1. The molecule has 92 valence electrons. The molecule has 0 atom stereocenters. The fraction of sp³-hybridized carbons (Fsp3) is 0.312. The van der Waals surface area contributed by atoms with Gasteiger partial charge in [-0.3, -0.25) is 4.68 Å². The van der Waals surface area contributed by atoms with E-state index in [0.29, 0.717) is 0 Å². The fourth-order valence-electron chi connectivity index (χ4n) is 1.70. The highest BCUT2D eigenvalue weighted by atomic mass is 15.2. The molecule has 0 aliphatic carbocycles. The second-order valence-corrected chi connectivity index (χ2v) is 5.42. The molecule has 0 amide bonds. The van der Waals surface area contributed by atoms with Crippen molar-refractivity contribution in [2.45, 2.75) is 26.2 Å². The topological polar surface area (TPSA) is 17.8 Å². The number of nitrogens with zero attached hydrogens (tertiary/aromatic N) is 2. The molecule has 0 spiro atoms. The summed E-state index contributed by atoms with van der Waals surface area (Å²) in [4.78, 5) is 0. The maximum Gasteiger partial charge on any atom is 0.111 e. The van der Waals surface area contributed by atoms with Crippen LogP contribution in [0, 0.1) is 11.8 Å². The average Bonchev–Trinajstić information content (AvgIpc) is 2.72. The van der Waals surface area contributed by atoms with Crippen molar-refractivity contribution in [1.29, 1.82) is 0 Å². The van der Waals surface area contributed by atoms with Gasteiger partial charge in [0.25, 0.3) is 0 Å². The Bertz CT molecular complexity index is 604. The largest absolute Gasteiger partial charge is 0.260 e. The highest BCUT2D eigenvalue weighted by Gasteiger charge is 2.12. The lowest BCUT2D eigenvalue weighted by molar-refractivity contribution is 0.590. The summed E-state index contributed by atoms with van der Waals surface area (Å²) in [6, 6.07) is 10.3. The quantitative estimate of drug-likeness (QED) is 0.645. The fourth-order valence-corrected chi connectivity index (χ4v) is 1.70. The number of hydrogen-bond acceptors (Lipinski definition) is 1. The first-order chi connectivity index (χ1) is 8.47. The molecule has 1 aromatic carbocycles. The minimum Gasteiger partial charge on any atom is -0.260 e. The van der Waals surface area contributed by atoms with Gasteiger partial charge in [-0.2, -0.15) is 5.10 Å². The van der Waals surface area contributed by atoms with Gasteiger partial charge in [-0.25, -0.2) is 0 Å². The molecule has 0 bridgehead atoms. The van der Waals surface area contributed by atoms with E-state index in [4.69, 9.17) is 0 Å². The smallest absolute Gasteiger partial charge is 0.111 e. The predicted molar refractivity (Wildman–Crippen MR) is 74.3 cm³/mol. The molecule has 2 aromatic rings. The van der Waals surface area contributed by atoms with Crippen LogP contribution in [0.4, 0.5) is 0 Å². The highest BCUT2D eigenvalue weighted by molar-refractivity contribution is 5.42. The summed E-state index contributed by atoms with van der Waals surface area (Å²) in [6.45, 7) is 6.63. The van der Waals surface area contributed by atoms with Crippen molar-refractivity contribution in [3.05, 3.63) is 53.3 Å². The van der Waals surface area contributed by atoms with E-state index in [9.17, 15) is 0 Å². The van der Waals surface area contributed by atoms with Gasteiger partial charge in [0.2, 0.25) is 0 Å². The van der Waals surface area contributed by atoms with Crippen LogP contribution in [0.3, 0.4) is 0 Å². The first-order valence-electron chi connectivity index (χ1n) is 6.07. The Labute approximate surface area is 109 Å². The Morgan fingerprint density at radius 2 is 1.89 bits per heavy atom. The third-order valence-electron chi connectivity index (χ3n) is 2.88. The molecule has 0 aliphatic heterocycles. The van der Waals surface area contributed by atoms with Crippen molar-refractivity contribution in [2.75, 3.05) is 0 Å². The molecule has 0 unspecified atom stereocenters. The minimum atomic E-state index is 0.157. The molecule has 2 rings (SSSR count). The van der Waals surface area contributed by atoms with Gasteiger partial charge in [0.15, 0.2) is 0 Å². The standard InChI is InChI=1S/C16H18N2/c1-16(2,3)14-7-5-6-13(12-14)8-9-15-10-11-17-18(15)4/h5-7,10-12H,1-4H3. The monoisotopic (exact) mass is 238 g/mol. The summed E-state index contributed by atoms with van der Waals surface area (Å²) >= 11 is 0. The van der Waals surface area contributed by atoms with Crippen molar-refractivity contribution < 1.29 is 0 Å². The summed E-state index contributed by atoms with van der Waals surface area (Å²) in [6.07, 6.45) is 1.76. The van der Waals surface area contributed by atoms with Crippen LogP contribution in [0.15, 0.2) is 36.5 Å². The third-order valence-corrected chi connectivity index (χ3v) is 2.88. The van der Waals surface area contributed by atoms with E-state index >= 15 is 0 Å². The normalized spacial score (nSPS) is 10.9. The van der Waals surface area contributed by atoms with Crippen LogP contribution < -0.4 is 0 Å². The van der Waals surface area contributed by atoms with Crippen molar-refractivity contribution in [3.63, 3.8) is 0 Å². The second kappa shape index (κ2) is 4.70. The first kappa shape index (κ1) is 12.4. The lowest BCUT2D eigenvalue weighted by Crippen LogP contribution is -2.10. The molecule has 18 heavy (non-hydrogen) atoms. The van der Waals surface area contributed by atoms with Crippen LogP contribution in [0.1, 0.15) is 37.6 Å².